The fourth-order valence-electron chi connectivity index (χ4n) is 3.82. The Labute approximate surface area is 174 Å². The number of halogens is 1. The van der Waals surface area contributed by atoms with Gasteiger partial charge in [-0.25, -0.2) is 0 Å². The van der Waals surface area contributed by atoms with Crippen LogP contribution in [0.3, 0.4) is 0 Å². The summed E-state index contributed by atoms with van der Waals surface area (Å²) in [5.41, 5.74) is 1.49. The van der Waals surface area contributed by atoms with Gasteiger partial charge in [0.2, 0.25) is 0 Å². The van der Waals surface area contributed by atoms with Crippen LogP contribution in [0.1, 0.15) is 25.5 Å². The molecule has 1 aliphatic heterocycles. The first-order chi connectivity index (χ1) is 13.9. The van der Waals surface area contributed by atoms with E-state index in [4.69, 9.17) is 11.6 Å². The molecule has 0 aromatic heterocycles. The summed E-state index contributed by atoms with van der Waals surface area (Å²) in [6.07, 6.45) is 0. The normalized spacial score (nSPS) is 16.9. The highest BCUT2D eigenvalue weighted by Gasteiger charge is 2.45. The molecule has 1 N–H and O–H groups in total. The minimum absolute atomic E-state index is 0.135. The largest absolute Gasteiger partial charge is 0.503 e. The van der Waals surface area contributed by atoms with Crippen molar-refractivity contribution in [1.29, 1.82) is 0 Å². The topological polar surface area (TPSA) is 57.6 Å². The molecule has 29 heavy (non-hydrogen) atoms. The van der Waals surface area contributed by atoms with Crippen LogP contribution in [0.5, 0.6) is 0 Å². The molecule has 146 valence electrons. The fourth-order valence-corrected chi connectivity index (χ4v) is 3.95. The Bertz CT molecular complexity index is 1140. The summed E-state index contributed by atoms with van der Waals surface area (Å²) in [7, 11) is 0. The number of ketones is 1. The molecular formula is C24H20ClNO3. The van der Waals surface area contributed by atoms with Gasteiger partial charge in [0, 0.05) is 16.6 Å². The van der Waals surface area contributed by atoms with Crippen molar-refractivity contribution in [1.82, 2.24) is 0 Å². The molecule has 1 heterocycles. The summed E-state index contributed by atoms with van der Waals surface area (Å²) in [4.78, 5) is 27.6. The van der Waals surface area contributed by atoms with E-state index >= 15 is 0 Å². The van der Waals surface area contributed by atoms with Gasteiger partial charge in [-0.3, -0.25) is 14.5 Å². The maximum absolute atomic E-state index is 13.1. The monoisotopic (exact) mass is 405 g/mol. The van der Waals surface area contributed by atoms with Crippen molar-refractivity contribution in [3.8, 4) is 0 Å². The number of anilines is 1. The molecule has 3 aromatic carbocycles. The number of aliphatic hydroxyl groups is 1. The number of carbonyl (C=O) groups is 2. The van der Waals surface area contributed by atoms with Gasteiger partial charge in [0.1, 0.15) is 0 Å². The predicted molar refractivity (Wildman–Crippen MR) is 115 cm³/mol. The lowest BCUT2D eigenvalue weighted by Crippen LogP contribution is -2.31. The standard InChI is InChI=1S/C24H20ClNO3/c1-14(2)22(27)20-21(19-9-5-7-15-6-3-4-8-18(15)19)26(24(29)23(20)28)17-12-10-16(25)11-13-17/h3-14,21,28H,1-2H3. The highest BCUT2D eigenvalue weighted by molar-refractivity contribution is 6.30. The minimum atomic E-state index is -0.718. The van der Waals surface area contributed by atoms with Crippen LogP contribution in [0.2, 0.25) is 5.02 Å². The Morgan fingerprint density at radius 3 is 2.34 bits per heavy atom. The van der Waals surface area contributed by atoms with Crippen LogP contribution in [0.4, 0.5) is 5.69 Å². The van der Waals surface area contributed by atoms with E-state index in [2.05, 4.69) is 0 Å². The summed E-state index contributed by atoms with van der Waals surface area (Å²) in [6, 6.07) is 19.7. The number of hydrogen-bond acceptors (Lipinski definition) is 3. The predicted octanol–water partition coefficient (Wildman–Crippen LogP) is 5.62. The van der Waals surface area contributed by atoms with E-state index in [-0.39, 0.29) is 17.3 Å². The number of carbonyl (C=O) groups excluding carboxylic acids is 2. The van der Waals surface area contributed by atoms with Crippen molar-refractivity contribution >= 4 is 39.8 Å². The zero-order valence-electron chi connectivity index (χ0n) is 16.1. The van der Waals surface area contributed by atoms with Crippen LogP contribution in [-0.2, 0) is 9.59 Å². The van der Waals surface area contributed by atoms with Gasteiger partial charge in [0.25, 0.3) is 5.91 Å². The lowest BCUT2D eigenvalue weighted by molar-refractivity contribution is -0.119. The lowest BCUT2D eigenvalue weighted by atomic mass is 9.88. The second-order valence-corrected chi connectivity index (χ2v) is 7.84. The molecule has 5 heteroatoms. The van der Waals surface area contributed by atoms with E-state index < -0.39 is 17.7 Å². The second-order valence-electron chi connectivity index (χ2n) is 7.40. The summed E-state index contributed by atoms with van der Waals surface area (Å²) in [5.74, 6) is -1.68. The number of Topliss-reactive ketones (excluding diaryl/α,β-unsaturated/α-hetero) is 1. The average Bonchev–Trinajstić information content (AvgIpc) is 2.98. The molecule has 3 aromatic rings. The van der Waals surface area contributed by atoms with Crippen molar-refractivity contribution in [2.24, 2.45) is 5.92 Å². The van der Waals surface area contributed by atoms with Gasteiger partial charge in [0.15, 0.2) is 11.5 Å². The van der Waals surface area contributed by atoms with Crippen LogP contribution in [0.15, 0.2) is 78.1 Å². The maximum atomic E-state index is 13.1. The molecule has 1 unspecified atom stereocenters. The molecule has 0 spiro atoms. The summed E-state index contributed by atoms with van der Waals surface area (Å²) in [6.45, 7) is 3.52. The van der Waals surface area contributed by atoms with Gasteiger partial charge in [-0.2, -0.15) is 0 Å². The third kappa shape index (κ3) is 3.19. The maximum Gasteiger partial charge on any atom is 0.294 e. The Hall–Kier alpha value is -3.11. The van der Waals surface area contributed by atoms with Crippen molar-refractivity contribution in [2.75, 3.05) is 4.90 Å². The molecule has 0 saturated heterocycles. The van der Waals surface area contributed by atoms with E-state index in [1.54, 1.807) is 38.1 Å². The van der Waals surface area contributed by atoms with Crippen molar-refractivity contribution < 1.29 is 14.7 Å². The molecular weight excluding hydrogens is 386 g/mol. The Morgan fingerprint density at radius 1 is 1.00 bits per heavy atom. The van der Waals surface area contributed by atoms with Crippen LogP contribution in [-0.4, -0.2) is 16.8 Å². The highest BCUT2D eigenvalue weighted by atomic mass is 35.5. The molecule has 4 rings (SSSR count). The minimum Gasteiger partial charge on any atom is -0.503 e. The third-order valence-electron chi connectivity index (χ3n) is 5.22. The van der Waals surface area contributed by atoms with Crippen LogP contribution < -0.4 is 4.90 Å². The highest BCUT2D eigenvalue weighted by Crippen LogP contribution is 2.43. The molecule has 4 nitrogen and oxygen atoms in total. The van der Waals surface area contributed by atoms with Crippen LogP contribution in [0.25, 0.3) is 10.8 Å². The summed E-state index contributed by atoms with van der Waals surface area (Å²) in [5, 5.41) is 13.2. The van der Waals surface area contributed by atoms with E-state index in [0.29, 0.717) is 10.7 Å². The number of rotatable bonds is 4. The Balaban J connectivity index is 1.98. The van der Waals surface area contributed by atoms with Crippen molar-refractivity contribution in [3.63, 3.8) is 0 Å². The Kier molecular flexibility index (Phi) is 4.89. The first kappa shape index (κ1) is 19.2. The molecule has 1 aliphatic rings. The summed E-state index contributed by atoms with van der Waals surface area (Å²) >= 11 is 6.02. The molecule has 0 fully saturated rings. The fraction of sp³-hybridized carbons (Fsp3) is 0.167. The zero-order chi connectivity index (χ0) is 20.7. The molecule has 0 bridgehead atoms. The number of benzene rings is 3. The van der Waals surface area contributed by atoms with Gasteiger partial charge in [-0.1, -0.05) is 67.9 Å². The zero-order valence-corrected chi connectivity index (χ0v) is 16.9. The number of aliphatic hydroxyl groups excluding tert-OH is 1. The average molecular weight is 406 g/mol. The molecule has 0 radical (unpaired) electrons. The van der Waals surface area contributed by atoms with Gasteiger partial charge >= 0.3 is 0 Å². The van der Waals surface area contributed by atoms with E-state index in [9.17, 15) is 14.7 Å². The molecule has 1 atom stereocenters. The first-order valence-electron chi connectivity index (χ1n) is 9.44. The quantitative estimate of drug-likeness (QED) is 0.613. The van der Waals surface area contributed by atoms with Crippen LogP contribution in [0, 0.1) is 5.92 Å². The van der Waals surface area contributed by atoms with Gasteiger partial charge in [0.05, 0.1) is 11.6 Å². The molecule has 0 saturated carbocycles. The second kappa shape index (κ2) is 7.37. The SMILES string of the molecule is CC(C)C(=O)C1=C(O)C(=O)N(c2ccc(Cl)cc2)C1c1cccc2ccccc12. The van der Waals surface area contributed by atoms with E-state index in [0.717, 1.165) is 16.3 Å². The molecule has 1 amide bonds. The number of nitrogens with zero attached hydrogens (tertiary/aromatic N) is 1. The summed E-state index contributed by atoms with van der Waals surface area (Å²) < 4.78 is 0. The number of fused-ring (bicyclic) bond motifs is 1. The number of amides is 1. The third-order valence-corrected chi connectivity index (χ3v) is 5.47. The van der Waals surface area contributed by atoms with E-state index in [1.807, 2.05) is 42.5 Å². The van der Waals surface area contributed by atoms with Gasteiger partial charge in [-0.15, -0.1) is 0 Å². The van der Waals surface area contributed by atoms with Gasteiger partial charge < -0.3 is 5.11 Å². The van der Waals surface area contributed by atoms with E-state index in [1.165, 1.54) is 4.90 Å². The van der Waals surface area contributed by atoms with Gasteiger partial charge in [-0.05, 0) is 40.6 Å². The van der Waals surface area contributed by atoms with Crippen LogP contribution >= 0.6 is 11.6 Å². The Morgan fingerprint density at radius 2 is 1.66 bits per heavy atom. The first-order valence-corrected chi connectivity index (χ1v) is 9.82. The lowest BCUT2D eigenvalue weighted by Gasteiger charge is -2.28. The van der Waals surface area contributed by atoms with Crippen molar-refractivity contribution in [3.05, 3.63) is 88.6 Å². The smallest absolute Gasteiger partial charge is 0.294 e. The van der Waals surface area contributed by atoms with Crippen molar-refractivity contribution in [2.45, 2.75) is 19.9 Å². The number of hydrogen-bond donors (Lipinski definition) is 1. The molecule has 0 aliphatic carbocycles.